The maximum Gasteiger partial charge on any atom is 0.236 e. The van der Waals surface area contributed by atoms with E-state index in [4.69, 9.17) is 0 Å². The van der Waals surface area contributed by atoms with E-state index in [0.29, 0.717) is 12.1 Å². The van der Waals surface area contributed by atoms with Crippen molar-refractivity contribution >= 4 is 17.7 Å². The van der Waals surface area contributed by atoms with Gasteiger partial charge in [-0.1, -0.05) is 37.9 Å². The zero-order chi connectivity index (χ0) is 16.9. The molecule has 2 unspecified atom stereocenters. The van der Waals surface area contributed by atoms with Crippen LogP contribution >= 0.6 is 11.8 Å². The number of tetrazole rings is 1. The summed E-state index contributed by atoms with van der Waals surface area (Å²) in [5, 5.41) is 12.9. The van der Waals surface area contributed by atoms with E-state index in [2.05, 4.69) is 27.3 Å². The minimum absolute atomic E-state index is 0.134. The topological polar surface area (TPSA) is 63.9 Å². The van der Waals surface area contributed by atoms with E-state index < -0.39 is 0 Å². The van der Waals surface area contributed by atoms with E-state index in [9.17, 15) is 4.79 Å². The van der Waals surface area contributed by atoms with E-state index in [1.807, 2.05) is 11.6 Å². The molecule has 2 atom stereocenters. The molecule has 1 aromatic heterocycles. The predicted octanol–water partition coefficient (Wildman–Crippen LogP) is 3.45. The molecule has 1 amide bonds. The van der Waals surface area contributed by atoms with Crippen LogP contribution in [0.3, 0.4) is 0 Å². The Balaban J connectivity index is 1.65. The maximum atomic E-state index is 12.9. The van der Waals surface area contributed by atoms with Crippen molar-refractivity contribution in [3.05, 3.63) is 0 Å². The molecule has 0 radical (unpaired) electrons. The van der Waals surface area contributed by atoms with Gasteiger partial charge < -0.3 is 4.90 Å². The van der Waals surface area contributed by atoms with E-state index >= 15 is 0 Å². The molecule has 1 aliphatic heterocycles. The molecule has 24 heavy (non-hydrogen) atoms. The van der Waals surface area contributed by atoms with Crippen molar-refractivity contribution in [2.24, 2.45) is 0 Å². The lowest BCUT2D eigenvalue weighted by atomic mass is 9.96. The fourth-order valence-corrected chi connectivity index (χ4v) is 4.90. The summed E-state index contributed by atoms with van der Waals surface area (Å²) in [4.78, 5) is 15.0. The number of carbonyl (C=O) groups excluding carboxylic acids is 1. The first-order valence-corrected chi connectivity index (χ1v) is 10.3. The fraction of sp³-hybridized carbons (Fsp3) is 0.882. The molecule has 0 spiro atoms. The number of hydrogen-bond acceptors (Lipinski definition) is 5. The Bertz CT molecular complexity index is 543. The summed E-state index contributed by atoms with van der Waals surface area (Å²) < 4.78 is 1.96. The maximum absolute atomic E-state index is 12.9. The Hall–Kier alpha value is -1.11. The van der Waals surface area contributed by atoms with Crippen LogP contribution in [0.5, 0.6) is 0 Å². The number of hydrogen-bond donors (Lipinski definition) is 0. The molecular weight excluding hydrogens is 322 g/mol. The summed E-state index contributed by atoms with van der Waals surface area (Å²) in [5.41, 5.74) is 0. The van der Waals surface area contributed by atoms with Gasteiger partial charge >= 0.3 is 0 Å². The Kier molecular flexibility index (Phi) is 6.14. The number of likely N-dealkylation sites (tertiary alicyclic amines) is 1. The average molecular weight is 352 g/mol. The second-order valence-corrected chi connectivity index (χ2v) is 8.36. The third-order valence-corrected chi connectivity index (χ3v) is 6.43. The molecule has 0 bridgehead atoms. The van der Waals surface area contributed by atoms with E-state index in [1.54, 1.807) is 0 Å². The highest BCUT2D eigenvalue weighted by atomic mass is 32.2. The molecule has 2 fully saturated rings. The minimum atomic E-state index is -0.134. The monoisotopic (exact) mass is 351 g/mol. The second-order valence-electron chi connectivity index (χ2n) is 7.05. The Labute approximate surface area is 148 Å². The lowest BCUT2D eigenvalue weighted by Crippen LogP contribution is -2.46. The molecule has 1 aliphatic carbocycles. The quantitative estimate of drug-likeness (QED) is 0.760. The molecule has 134 valence electrons. The number of carbonyl (C=O) groups is 1. The van der Waals surface area contributed by atoms with Crippen molar-refractivity contribution in [1.29, 1.82) is 0 Å². The van der Waals surface area contributed by atoms with Gasteiger partial charge in [-0.3, -0.25) is 4.79 Å². The molecular formula is C17H29N5OS. The average Bonchev–Trinajstić information content (AvgIpc) is 3.09. The van der Waals surface area contributed by atoms with Crippen LogP contribution in [0.4, 0.5) is 0 Å². The molecule has 2 aliphatic rings. The van der Waals surface area contributed by atoms with E-state index in [0.717, 1.165) is 43.8 Å². The normalized spacial score (nSPS) is 24.1. The van der Waals surface area contributed by atoms with Crippen LogP contribution in [0.2, 0.25) is 0 Å². The Morgan fingerprint density at radius 2 is 1.96 bits per heavy atom. The molecule has 0 N–H and O–H groups in total. The largest absolute Gasteiger partial charge is 0.339 e. The van der Waals surface area contributed by atoms with Crippen molar-refractivity contribution < 1.29 is 4.79 Å². The number of thioether (sulfide) groups is 1. The van der Waals surface area contributed by atoms with Crippen molar-refractivity contribution in [1.82, 2.24) is 25.1 Å². The molecule has 3 rings (SSSR count). The van der Waals surface area contributed by atoms with Crippen LogP contribution in [0.25, 0.3) is 0 Å². The van der Waals surface area contributed by atoms with Crippen LogP contribution < -0.4 is 0 Å². The zero-order valence-corrected chi connectivity index (χ0v) is 15.7. The highest BCUT2D eigenvalue weighted by molar-refractivity contribution is 8.00. The second kappa shape index (κ2) is 8.32. The third-order valence-electron chi connectivity index (χ3n) is 5.39. The van der Waals surface area contributed by atoms with Gasteiger partial charge in [0.15, 0.2) is 0 Å². The summed E-state index contributed by atoms with van der Waals surface area (Å²) in [5.74, 6) is 0.241. The van der Waals surface area contributed by atoms with Gasteiger partial charge in [0, 0.05) is 12.6 Å². The van der Waals surface area contributed by atoms with Gasteiger partial charge in [-0.05, 0) is 55.9 Å². The van der Waals surface area contributed by atoms with Crippen LogP contribution in [0, 0.1) is 0 Å². The lowest BCUT2D eigenvalue weighted by Gasteiger charge is -2.36. The third kappa shape index (κ3) is 3.92. The number of piperidine rings is 1. The Morgan fingerprint density at radius 3 is 2.71 bits per heavy atom. The van der Waals surface area contributed by atoms with Crippen molar-refractivity contribution in [2.45, 2.75) is 94.1 Å². The molecule has 6 nitrogen and oxygen atoms in total. The van der Waals surface area contributed by atoms with E-state index in [1.165, 1.54) is 37.4 Å². The number of rotatable bonds is 5. The van der Waals surface area contributed by atoms with Gasteiger partial charge in [-0.15, -0.1) is 5.10 Å². The highest BCUT2D eigenvalue weighted by Gasteiger charge is 2.30. The summed E-state index contributed by atoms with van der Waals surface area (Å²) in [6.45, 7) is 5.07. The molecule has 7 heteroatoms. The minimum Gasteiger partial charge on any atom is -0.339 e. The number of amides is 1. The first-order valence-electron chi connectivity index (χ1n) is 9.45. The molecule has 1 saturated carbocycles. The molecule has 2 heterocycles. The van der Waals surface area contributed by atoms with E-state index in [-0.39, 0.29) is 11.2 Å². The van der Waals surface area contributed by atoms with Gasteiger partial charge in [0.05, 0.1) is 11.3 Å². The number of nitrogens with zero attached hydrogens (tertiary/aromatic N) is 5. The SMILES string of the molecule is CCC1CCCCN1C(=O)C(C)Sc1nnnn1C1CCCCC1. The Morgan fingerprint density at radius 1 is 1.21 bits per heavy atom. The zero-order valence-electron chi connectivity index (χ0n) is 14.9. The predicted molar refractivity (Wildman–Crippen MR) is 94.9 cm³/mol. The van der Waals surface area contributed by atoms with Gasteiger partial charge in [-0.25, -0.2) is 4.68 Å². The summed E-state index contributed by atoms with van der Waals surface area (Å²) in [6, 6.07) is 0.806. The van der Waals surface area contributed by atoms with Crippen molar-refractivity contribution in [2.75, 3.05) is 6.54 Å². The van der Waals surface area contributed by atoms with Crippen LogP contribution in [0.1, 0.15) is 77.7 Å². The van der Waals surface area contributed by atoms with Gasteiger partial charge in [0.25, 0.3) is 0 Å². The lowest BCUT2D eigenvalue weighted by molar-refractivity contribution is -0.134. The van der Waals surface area contributed by atoms with Gasteiger partial charge in [0.1, 0.15) is 0 Å². The van der Waals surface area contributed by atoms with Gasteiger partial charge in [-0.2, -0.15) is 0 Å². The fourth-order valence-electron chi connectivity index (χ4n) is 3.98. The first kappa shape index (κ1) is 17.7. The molecule has 1 aromatic rings. The summed E-state index contributed by atoms with van der Waals surface area (Å²) in [7, 11) is 0. The number of aromatic nitrogens is 4. The van der Waals surface area contributed by atoms with Gasteiger partial charge in [0.2, 0.25) is 11.1 Å². The molecule has 1 saturated heterocycles. The smallest absolute Gasteiger partial charge is 0.236 e. The van der Waals surface area contributed by atoms with Crippen LogP contribution in [-0.2, 0) is 4.79 Å². The highest BCUT2D eigenvalue weighted by Crippen LogP contribution is 2.32. The first-order chi connectivity index (χ1) is 11.7. The molecule has 0 aromatic carbocycles. The van der Waals surface area contributed by atoms with Crippen molar-refractivity contribution in [3.63, 3.8) is 0 Å². The standard InChI is InChI=1S/C17H29N5OS/c1-3-14-9-7-8-12-21(14)16(23)13(2)24-17-18-19-20-22(17)15-10-5-4-6-11-15/h13-15H,3-12H2,1-2H3. The van der Waals surface area contributed by atoms with Crippen LogP contribution in [-0.4, -0.2) is 48.9 Å². The van der Waals surface area contributed by atoms with Crippen molar-refractivity contribution in [3.8, 4) is 0 Å². The van der Waals surface area contributed by atoms with Crippen LogP contribution in [0.15, 0.2) is 5.16 Å². The summed E-state index contributed by atoms with van der Waals surface area (Å²) in [6.07, 6.45) is 10.6. The summed E-state index contributed by atoms with van der Waals surface area (Å²) >= 11 is 1.52.